The lowest BCUT2D eigenvalue weighted by Crippen LogP contribution is -2.23. The molecule has 0 unspecified atom stereocenters. The number of nitrogens with zero attached hydrogens (tertiary/aromatic N) is 1. The molecule has 0 aliphatic carbocycles. The van der Waals surface area contributed by atoms with Gasteiger partial charge in [-0.1, -0.05) is 6.92 Å². The normalized spacial score (nSPS) is 23.5. The fourth-order valence-electron chi connectivity index (χ4n) is 2.63. The van der Waals surface area contributed by atoms with Crippen LogP contribution in [-0.4, -0.2) is 36.2 Å². The van der Waals surface area contributed by atoms with E-state index in [9.17, 15) is 9.18 Å². The Kier molecular flexibility index (Phi) is 4.04. The topological polar surface area (TPSA) is 49.8 Å². The first kappa shape index (κ1) is 13.8. The lowest BCUT2D eigenvalue weighted by molar-refractivity contribution is -0.142. The quantitative estimate of drug-likeness (QED) is 0.906. The number of carboxylic acid groups (broad SMARTS) is 1. The van der Waals surface area contributed by atoms with Crippen molar-refractivity contribution in [1.82, 2.24) is 4.90 Å². The van der Waals surface area contributed by atoms with Crippen molar-refractivity contribution in [2.75, 3.05) is 20.2 Å². The molecular formula is C14H18FNO3. The van der Waals surface area contributed by atoms with E-state index in [0.717, 1.165) is 5.56 Å². The minimum Gasteiger partial charge on any atom is -0.496 e. The van der Waals surface area contributed by atoms with E-state index < -0.39 is 5.97 Å². The number of benzene rings is 1. The van der Waals surface area contributed by atoms with Gasteiger partial charge in [-0.3, -0.25) is 9.69 Å². The first-order valence-corrected chi connectivity index (χ1v) is 6.29. The van der Waals surface area contributed by atoms with E-state index in [0.29, 0.717) is 25.4 Å². The Hall–Kier alpha value is -1.62. The molecule has 0 amide bonds. The molecule has 104 valence electrons. The van der Waals surface area contributed by atoms with Gasteiger partial charge in [0.05, 0.1) is 13.0 Å². The second-order valence-electron chi connectivity index (χ2n) is 5.07. The van der Waals surface area contributed by atoms with E-state index in [-0.39, 0.29) is 17.7 Å². The summed E-state index contributed by atoms with van der Waals surface area (Å²) in [6, 6.07) is 4.39. The summed E-state index contributed by atoms with van der Waals surface area (Å²) in [5.74, 6) is -0.677. The van der Waals surface area contributed by atoms with Crippen molar-refractivity contribution in [3.8, 4) is 5.75 Å². The van der Waals surface area contributed by atoms with Crippen LogP contribution in [0, 0.1) is 17.7 Å². The van der Waals surface area contributed by atoms with Crippen LogP contribution >= 0.6 is 0 Å². The van der Waals surface area contributed by atoms with Crippen molar-refractivity contribution in [3.05, 3.63) is 29.6 Å². The maximum absolute atomic E-state index is 13.3. The Bertz CT molecular complexity index is 478. The van der Waals surface area contributed by atoms with Crippen molar-refractivity contribution in [1.29, 1.82) is 0 Å². The number of likely N-dealkylation sites (tertiary alicyclic amines) is 1. The zero-order valence-corrected chi connectivity index (χ0v) is 11.1. The van der Waals surface area contributed by atoms with Crippen LogP contribution in [0.1, 0.15) is 12.5 Å². The van der Waals surface area contributed by atoms with Crippen LogP contribution in [0.25, 0.3) is 0 Å². The fourth-order valence-corrected chi connectivity index (χ4v) is 2.63. The summed E-state index contributed by atoms with van der Waals surface area (Å²) in [5, 5.41) is 9.10. The second-order valence-corrected chi connectivity index (χ2v) is 5.07. The highest BCUT2D eigenvalue weighted by molar-refractivity contribution is 5.71. The molecule has 4 nitrogen and oxygen atoms in total. The molecule has 1 N–H and O–H groups in total. The predicted octanol–water partition coefficient (Wildman–Crippen LogP) is 1.99. The minimum absolute atomic E-state index is 0.108. The molecule has 1 saturated heterocycles. The number of aliphatic carboxylic acids is 1. The van der Waals surface area contributed by atoms with Crippen LogP contribution in [-0.2, 0) is 11.3 Å². The molecule has 19 heavy (non-hydrogen) atoms. The number of ether oxygens (including phenoxy) is 1. The lowest BCUT2D eigenvalue weighted by atomic mass is 9.99. The van der Waals surface area contributed by atoms with Gasteiger partial charge in [-0.25, -0.2) is 4.39 Å². The van der Waals surface area contributed by atoms with Crippen LogP contribution in [0.3, 0.4) is 0 Å². The van der Waals surface area contributed by atoms with Crippen molar-refractivity contribution >= 4 is 5.97 Å². The molecule has 1 fully saturated rings. The average molecular weight is 267 g/mol. The molecule has 2 atom stereocenters. The molecule has 1 aromatic rings. The zero-order valence-electron chi connectivity index (χ0n) is 11.1. The van der Waals surface area contributed by atoms with Gasteiger partial charge in [-0.2, -0.15) is 0 Å². The Morgan fingerprint density at radius 2 is 2.26 bits per heavy atom. The molecule has 2 rings (SSSR count). The Morgan fingerprint density at radius 3 is 2.84 bits per heavy atom. The minimum atomic E-state index is -0.763. The number of rotatable bonds is 4. The summed E-state index contributed by atoms with van der Waals surface area (Å²) in [6.45, 7) is 3.64. The number of hydrogen-bond acceptors (Lipinski definition) is 3. The van der Waals surface area contributed by atoms with Crippen LogP contribution in [0.15, 0.2) is 18.2 Å². The van der Waals surface area contributed by atoms with Gasteiger partial charge in [0.25, 0.3) is 0 Å². The number of carbonyl (C=O) groups is 1. The van der Waals surface area contributed by atoms with Crippen molar-refractivity contribution in [2.45, 2.75) is 13.5 Å². The van der Waals surface area contributed by atoms with E-state index in [2.05, 4.69) is 0 Å². The van der Waals surface area contributed by atoms with Gasteiger partial charge in [0.15, 0.2) is 0 Å². The third-order valence-electron chi connectivity index (χ3n) is 3.64. The largest absolute Gasteiger partial charge is 0.496 e. The van der Waals surface area contributed by atoms with Crippen LogP contribution < -0.4 is 4.74 Å². The van der Waals surface area contributed by atoms with E-state index >= 15 is 0 Å². The molecule has 0 saturated carbocycles. The molecule has 0 spiro atoms. The van der Waals surface area contributed by atoms with Crippen molar-refractivity contribution < 1.29 is 19.0 Å². The molecule has 1 heterocycles. The monoisotopic (exact) mass is 267 g/mol. The molecule has 0 aromatic heterocycles. The second kappa shape index (κ2) is 5.57. The first-order chi connectivity index (χ1) is 9.01. The van der Waals surface area contributed by atoms with Gasteiger partial charge in [0, 0.05) is 25.2 Å². The average Bonchev–Trinajstić information content (AvgIpc) is 2.71. The third-order valence-corrected chi connectivity index (χ3v) is 3.64. The van der Waals surface area contributed by atoms with Crippen LogP contribution in [0.2, 0.25) is 0 Å². The highest BCUT2D eigenvalue weighted by Crippen LogP contribution is 2.27. The highest BCUT2D eigenvalue weighted by atomic mass is 19.1. The van der Waals surface area contributed by atoms with Gasteiger partial charge in [-0.15, -0.1) is 0 Å². The number of methoxy groups -OCH3 is 1. The molecule has 1 aliphatic rings. The first-order valence-electron chi connectivity index (χ1n) is 6.29. The highest BCUT2D eigenvalue weighted by Gasteiger charge is 2.34. The lowest BCUT2D eigenvalue weighted by Gasteiger charge is -2.17. The Morgan fingerprint density at radius 1 is 1.53 bits per heavy atom. The van der Waals surface area contributed by atoms with Gasteiger partial charge in [0.1, 0.15) is 11.6 Å². The zero-order chi connectivity index (χ0) is 14.0. The number of hydrogen-bond donors (Lipinski definition) is 1. The summed E-state index contributed by atoms with van der Waals surface area (Å²) >= 11 is 0. The summed E-state index contributed by atoms with van der Waals surface area (Å²) < 4.78 is 18.5. The summed E-state index contributed by atoms with van der Waals surface area (Å²) in [4.78, 5) is 13.1. The van der Waals surface area contributed by atoms with Gasteiger partial charge in [-0.05, 0) is 24.1 Å². The molecule has 1 aromatic carbocycles. The molecule has 1 aliphatic heterocycles. The molecule has 0 radical (unpaired) electrons. The number of halogens is 1. The van der Waals surface area contributed by atoms with Gasteiger partial charge in [0.2, 0.25) is 0 Å². The van der Waals surface area contributed by atoms with E-state index in [1.165, 1.54) is 12.1 Å². The van der Waals surface area contributed by atoms with Gasteiger partial charge >= 0.3 is 5.97 Å². The predicted molar refractivity (Wildman–Crippen MR) is 68.5 cm³/mol. The SMILES string of the molecule is COc1ccc(F)cc1CN1C[C@@H](C)[C@H](C(=O)O)C1. The van der Waals surface area contributed by atoms with Crippen molar-refractivity contribution in [3.63, 3.8) is 0 Å². The number of carboxylic acids is 1. The molecule has 0 bridgehead atoms. The maximum Gasteiger partial charge on any atom is 0.308 e. The fraction of sp³-hybridized carbons (Fsp3) is 0.500. The third kappa shape index (κ3) is 3.04. The van der Waals surface area contributed by atoms with Crippen LogP contribution in [0.4, 0.5) is 4.39 Å². The maximum atomic E-state index is 13.3. The van der Waals surface area contributed by atoms with Crippen molar-refractivity contribution in [2.24, 2.45) is 11.8 Å². The van der Waals surface area contributed by atoms with E-state index in [4.69, 9.17) is 9.84 Å². The van der Waals surface area contributed by atoms with Gasteiger partial charge < -0.3 is 9.84 Å². The van der Waals surface area contributed by atoms with Crippen LogP contribution in [0.5, 0.6) is 5.75 Å². The smallest absolute Gasteiger partial charge is 0.308 e. The summed E-state index contributed by atoms with van der Waals surface area (Å²) in [7, 11) is 1.55. The standard InChI is InChI=1S/C14H18FNO3/c1-9-6-16(8-12(9)14(17)18)7-10-5-11(15)3-4-13(10)19-2/h3-5,9,12H,6-8H2,1-2H3,(H,17,18)/t9-,12-/m1/s1. The molecule has 5 heteroatoms. The Labute approximate surface area is 111 Å². The van der Waals surface area contributed by atoms with E-state index in [1.54, 1.807) is 13.2 Å². The summed E-state index contributed by atoms with van der Waals surface area (Å²) in [6.07, 6.45) is 0. The Balaban J connectivity index is 2.10. The van der Waals surface area contributed by atoms with E-state index in [1.807, 2.05) is 11.8 Å². The molecular weight excluding hydrogens is 249 g/mol. The summed E-state index contributed by atoms with van der Waals surface area (Å²) in [5.41, 5.74) is 0.751.